The van der Waals surface area contributed by atoms with E-state index in [1.165, 1.54) is 10.8 Å². The van der Waals surface area contributed by atoms with Crippen molar-refractivity contribution in [3.05, 3.63) is 22.1 Å². The van der Waals surface area contributed by atoms with Gasteiger partial charge in [0.1, 0.15) is 12.7 Å². The summed E-state index contributed by atoms with van der Waals surface area (Å²) >= 11 is 0. The van der Waals surface area contributed by atoms with Crippen LogP contribution in [0.2, 0.25) is 0 Å². The minimum atomic E-state index is -4.64. The number of hydrogen-bond acceptors (Lipinski definition) is 5. The summed E-state index contributed by atoms with van der Waals surface area (Å²) in [5, 5.41) is 19.0. The molecule has 0 unspecified atom stereocenters. The second-order valence-electron chi connectivity index (χ2n) is 2.81. The van der Waals surface area contributed by atoms with Crippen LogP contribution in [0.1, 0.15) is 8.68 Å². The molecule has 13 heteroatoms. The zero-order valence-corrected chi connectivity index (χ0v) is 15.7. The fourth-order valence-electron chi connectivity index (χ4n) is 0.978. The first kappa shape index (κ1) is 24.7. The number of aromatic nitrogens is 2. The van der Waals surface area contributed by atoms with Crippen molar-refractivity contribution in [3.63, 3.8) is 0 Å². The number of phosphoric acid groups is 1. The molecule has 1 heterocycles. The van der Waals surface area contributed by atoms with Crippen LogP contribution in [0.3, 0.4) is 0 Å². The van der Waals surface area contributed by atoms with Crippen molar-refractivity contribution < 1.29 is 91.2 Å². The van der Waals surface area contributed by atoms with Gasteiger partial charge in [0, 0.05) is 6.92 Å². The number of nitro groups is 1. The molecule has 0 bridgehead atoms. The van der Waals surface area contributed by atoms with Crippen molar-refractivity contribution in [2.45, 2.75) is 13.5 Å². The topological polar surface area (TPSA) is 159 Å². The fourth-order valence-corrected chi connectivity index (χ4v) is 0.978. The van der Waals surface area contributed by atoms with Gasteiger partial charge in [0.25, 0.3) is 0 Å². The third-order valence-electron chi connectivity index (χ3n) is 1.54. The molecule has 0 amide bonds. The summed E-state index contributed by atoms with van der Waals surface area (Å²) in [4.78, 5) is 35.2. The van der Waals surface area contributed by atoms with E-state index in [0.29, 0.717) is 5.82 Å². The van der Waals surface area contributed by atoms with E-state index in [4.69, 9.17) is 24.4 Å². The normalized spacial score (nSPS) is 9.53. The maximum atomic E-state index is 10.4. The van der Waals surface area contributed by atoms with Gasteiger partial charge in [-0.2, -0.15) is 0 Å². The Kier molecular flexibility index (Phi) is 14.7. The van der Waals surface area contributed by atoms with E-state index >= 15 is 0 Å². The molecule has 0 radical (unpaired) electrons. The Morgan fingerprint density at radius 2 is 1.89 bits per heavy atom. The van der Waals surface area contributed by atoms with Crippen molar-refractivity contribution in [3.8, 4) is 0 Å². The molecule has 1 rings (SSSR count). The molecule has 0 aliphatic heterocycles. The van der Waals surface area contributed by atoms with Gasteiger partial charge in [0.2, 0.25) is 0 Å². The molecule has 10 nitrogen and oxygen atoms in total. The molecule has 0 fully saturated rings. The molecule has 0 aromatic carbocycles. The van der Waals surface area contributed by atoms with Crippen LogP contribution in [-0.2, 0) is 11.1 Å². The molecule has 0 spiro atoms. The summed E-state index contributed by atoms with van der Waals surface area (Å²) < 4.78 is 10.2. The molecular weight excluding hydrogens is 303 g/mol. The monoisotopic (exact) mass is 317 g/mol. The largest absolute Gasteiger partial charge is 1.00 e. The molecule has 1 aromatic heterocycles. The Morgan fingerprint density at radius 1 is 1.47 bits per heavy atom. The molecule has 0 saturated carbocycles. The van der Waals surface area contributed by atoms with E-state index < -0.39 is 12.7 Å². The molecular formula is C6H14N3Na2O7P. The van der Waals surface area contributed by atoms with Crippen LogP contribution < -0.4 is 59.1 Å². The molecule has 0 saturated heterocycles. The number of rotatable bonds is 3. The van der Waals surface area contributed by atoms with Gasteiger partial charge >= 0.3 is 72.8 Å². The number of hydrogen-bond donors (Lipinski definition) is 4. The van der Waals surface area contributed by atoms with E-state index in [-0.39, 0.29) is 80.9 Å². The number of aryl methyl sites for hydroxylation is 1. The zero-order valence-electron chi connectivity index (χ0n) is 12.8. The van der Waals surface area contributed by atoms with Crippen molar-refractivity contribution in [2.75, 3.05) is 6.61 Å². The SMILES string of the molecule is Cc1ncc([N+](=O)[O-])n1CCO.O=P(O)(O)O.[H-].[H-].[Na+].[Na+]. The summed E-state index contributed by atoms with van der Waals surface area (Å²) in [5.74, 6) is 0.456. The zero-order chi connectivity index (χ0) is 13.6. The Labute approximate surface area is 155 Å². The standard InChI is InChI=1S/C6H9N3O3.2Na.H3O4P.2H/c1-5-7-4-6(9(11)12)8(5)2-3-10;;;1-5(2,3)4;;/h4,10H,2-3H2,1H3;;;(H3,1,2,3,4);;/q;2*+1;;2*-1. The van der Waals surface area contributed by atoms with Gasteiger partial charge in [0.05, 0.1) is 6.61 Å². The van der Waals surface area contributed by atoms with E-state index in [1.54, 1.807) is 6.92 Å². The first-order valence-electron chi connectivity index (χ1n) is 4.22. The third-order valence-corrected chi connectivity index (χ3v) is 1.54. The van der Waals surface area contributed by atoms with Crippen molar-refractivity contribution in [1.82, 2.24) is 9.55 Å². The van der Waals surface area contributed by atoms with Gasteiger partial charge < -0.3 is 32.8 Å². The Morgan fingerprint density at radius 3 is 2.21 bits per heavy atom. The predicted molar refractivity (Wildman–Crippen MR) is 57.2 cm³/mol. The Balaban J connectivity index is -0.0000000844. The van der Waals surface area contributed by atoms with Crippen LogP contribution in [0, 0.1) is 17.0 Å². The van der Waals surface area contributed by atoms with Crippen LogP contribution in [0.4, 0.5) is 5.82 Å². The average Bonchev–Trinajstić information content (AvgIpc) is 2.46. The van der Waals surface area contributed by atoms with E-state index in [0.717, 1.165) is 0 Å². The number of imidazole rings is 1. The summed E-state index contributed by atoms with van der Waals surface area (Å²) in [6.07, 6.45) is 1.19. The number of nitrogens with zero attached hydrogens (tertiary/aromatic N) is 3. The van der Waals surface area contributed by atoms with Gasteiger partial charge in [-0.05, 0) is 4.92 Å². The first-order valence-corrected chi connectivity index (χ1v) is 5.79. The number of aliphatic hydroxyl groups is 1. The van der Waals surface area contributed by atoms with Gasteiger partial charge in [0.15, 0.2) is 5.82 Å². The van der Waals surface area contributed by atoms with E-state index in [9.17, 15) is 10.1 Å². The van der Waals surface area contributed by atoms with Gasteiger partial charge in [-0.1, -0.05) is 0 Å². The smallest absolute Gasteiger partial charge is 1.00 e. The summed E-state index contributed by atoms with van der Waals surface area (Å²) in [6, 6.07) is 0. The predicted octanol–water partition coefficient (Wildman–Crippen LogP) is -6.60. The summed E-state index contributed by atoms with van der Waals surface area (Å²) in [7, 11) is -4.64. The second-order valence-corrected chi connectivity index (χ2v) is 3.84. The quantitative estimate of drug-likeness (QED) is 0.185. The van der Waals surface area contributed by atoms with Gasteiger partial charge in [-0.15, -0.1) is 0 Å². The maximum absolute atomic E-state index is 10.4. The third kappa shape index (κ3) is 12.2. The van der Waals surface area contributed by atoms with Crippen LogP contribution in [0.15, 0.2) is 6.20 Å². The molecule has 1 aromatic rings. The molecule has 4 N–H and O–H groups in total. The second kappa shape index (κ2) is 11.4. The minimum Gasteiger partial charge on any atom is -1.00 e. The van der Waals surface area contributed by atoms with Gasteiger partial charge in [-0.3, -0.25) is 0 Å². The summed E-state index contributed by atoms with van der Waals surface area (Å²) in [5.41, 5.74) is 0. The average molecular weight is 317 g/mol. The van der Waals surface area contributed by atoms with E-state index in [2.05, 4.69) is 4.98 Å². The first-order chi connectivity index (χ1) is 7.66. The van der Waals surface area contributed by atoms with Crippen LogP contribution in [0.25, 0.3) is 0 Å². The van der Waals surface area contributed by atoms with Crippen LogP contribution in [-0.4, -0.2) is 40.9 Å². The molecule has 0 aliphatic rings. The van der Waals surface area contributed by atoms with Gasteiger partial charge in [-0.25, -0.2) is 14.1 Å². The molecule has 0 aliphatic carbocycles. The maximum Gasteiger partial charge on any atom is 1.00 e. The Hall–Kier alpha value is 0.680. The fraction of sp³-hybridized carbons (Fsp3) is 0.500. The number of aliphatic hydroxyl groups excluding tert-OH is 1. The van der Waals surface area contributed by atoms with Crippen molar-refractivity contribution >= 4 is 13.6 Å². The molecule has 0 atom stereocenters. The Bertz CT molecular complexity index is 436. The van der Waals surface area contributed by atoms with Crippen molar-refractivity contribution in [1.29, 1.82) is 0 Å². The van der Waals surface area contributed by atoms with Crippen LogP contribution in [0.5, 0.6) is 0 Å². The molecule has 19 heavy (non-hydrogen) atoms. The van der Waals surface area contributed by atoms with Crippen LogP contribution >= 0.6 is 7.82 Å². The molecule has 102 valence electrons. The van der Waals surface area contributed by atoms with Crippen molar-refractivity contribution in [2.24, 2.45) is 0 Å². The van der Waals surface area contributed by atoms with E-state index in [1.807, 2.05) is 0 Å². The summed E-state index contributed by atoms with van der Waals surface area (Å²) in [6.45, 7) is 1.74. The minimum absolute atomic E-state index is 0.